The van der Waals surface area contributed by atoms with Gasteiger partial charge in [0.25, 0.3) is 5.69 Å². The number of rotatable bonds is 4. The number of nitrogens with one attached hydrogen (secondary N) is 1. The predicted molar refractivity (Wildman–Crippen MR) is 63.4 cm³/mol. The third-order valence-corrected chi connectivity index (χ3v) is 2.23. The Bertz CT molecular complexity index is 498. The minimum Gasteiger partial charge on any atom is -0.465 e. The van der Waals surface area contributed by atoms with E-state index in [-0.39, 0.29) is 23.4 Å². The van der Waals surface area contributed by atoms with Crippen molar-refractivity contribution in [3.05, 3.63) is 33.9 Å². The fraction of sp³-hybridized carbons (Fsp3) is 0.273. The van der Waals surface area contributed by atoms with Crippen LogP contribution in [0.3, 0.4) is 0 Å². The molecule has 1 rings (SSSR count). The summed E-state index contributed by atoms with van der Waals surface area (Å²) in [6.45, 7) is 1.60. The molecule has 0 spiro atoms. The number of nitro groups is 1. The van der Waals surface area contributed by atoms with Gasteiger partial charge < -0.3 is 10.1 Å². The maximum absolute atomic E-state index is 11.5. The Kier molecular flexibility index (Phi) is 4.36. The summed E-state index contributed by atoms with van der Waals surface area (Å²) in [5.74, 6) is -1.17. The van der Waals surface area contributed by atoms with Crippen LogP contribution in [0.25, 0.3) is 0 Å². The van der Waals surface area contributed by atoms with E-state index in [4.69, 9.17) is 0 Å². The van der Waals surface area contributed by atoms with Crippen molar-refractivity contribution in [3.63, 3.8) is 0 Å². The van der Waals surface area contributed by atoms with Crippen molar-refractivity contribution < 1.29 is 19.2 Å². The van der Waals surface area contributed by atoms with Crippen LogP contribution in [0.15, 0.2) is 18.2 Å². The quantitative estimate of drug-likeness (QED) is 0.499. The highest BCUT2D eigenvalue weighted by Crippen LogP contribution is 2.28. The van der Waals surface area contributed by atoms with Crippen LogP contribution < -0.4 is 5.32 Å². The minimum absolute atomic E-state index is 0.0477. The maximum Gasteiger partial charge on any atom is 0.340 e. The molecule has 0 saturated heterocycles. The van der Waals surface area contributed by atoms with Gasteiger partial charge >= 0.3 is 5.97 Å². The van der Waals surface area contributed by atoms with Crippen molar-refractivity contribution in [3.8, 4) is 0 Å². The molecule has 1 N–H and O–H groups in total. The van der Waals surface area contributed by atoms with Gasteiger partial charge in [0.15, 0.2) is 0 Å². The van der Waals surface area contributed by atoms with Crippen LogP contribution in [-0.2, 0) is 9.53 Å². The molecular formula is C11H12N2O5. The zero-order valence-corrected chi connectivity index (χ0v) is 9.93. The largest absolute Gasteiger partial charge is 0.465 e. The third kappa shape index (κ3) is 2.82. The average molecular weight is 252 g/mol. The first-order chi connectivity index (χ1) is 8.51. The number of carbonyl (C=O) groups excluding carboxylic acids is 2. The van der Waals surface area contributed by atoms with Crippen LogP contribution in [0.2, 0.25) is 0 Å². The van der Waals surface area contributed by atoms with Gasteiger partial charge in [-0.3, -0.25) is 14.9 Å². The SMILES string of the molecule is CCC(=O)Nc1c(C(=O)OC)cccc1[N+](=O)[O-]. The van der Waals surface area contributed by atoms with Crippen molar-refractivity contribution in [2.24, 2.45) is 0 Å². The third-order valence-electron chi connectivity index (χ3n) is 2.23. The van der Waals surface area contributed by atoms with Gasteiger partial charge in [0.1, 0.15) is 5.69 Å². The molecule has 7 heteroatoms. The number of amides is 1. The lowest BCUT2D eigenvalue weighted by atomic mass is 10.1. The smallest absolute Gasteiger partial charge is 0.340 e. The van der Waals surface area contributed by atoms with Gasteiger partial charge in [-0.1, -0.05) is 13.0 Å². The lowest BCUT2D eigenvalue weighted by Gasteiger charge is -2.09. The van der Waals surface area contributed by atoms with Crippen LogP contribution in [-0.4, -0.2) is 23.9 Å². The number of methoxy groups -OCH3 is 1. The molecule has 0 radical (unpaired) electrons. The first-order valence-corrected chi connectivity index (χ1v) is 5.16. The number of esters is 1. The molecule has 0 fully saturated rings. The second-order valence-electron chi connectivity index (χ2n) is 3.35. The lowest BCUT2D eigenvalue weighted by molar-refractivity contribution is -0.384. The van der Waals surface area contributed by atoms with E-state index < -0.39 is 16.8 Å². The Labute approximate surface area is 103 Å². The maximum atomic E-state index is 11.5. The van der Waals surface area contributed by atoms with E-state index >= 15 is 0 Å². The van der Waals surface area contributed by atoms with Crippen molar-refractivity contribution >= 4 is 23.3 Å². The molecule has 0 aliphatic carbocycles. The molecule has 18 heavy (non-hydrogen) atoms. The van der Waals surface area contributed by atoms with Crippen molar-refractivity contribution in [2.75, 3.05) is 12.4 Å². The fourth-order valence-corrected chi connectivity index (χ4v) is 1.33. The first kappa shape index (κ1) is 13.6. The Hall–Kier alpha value is -2.44. The molecule has 1 amide bonds. The molecule has 0 bridgehead atoms. The molecule has 0 aliphatic rings. The lowest BCUT2D eigenvalue weighted by Crippen LogP contribution is -2.15. The summed E-state index contributed by atoms with van der Waals surface area (Å²) in [6, 6.07) is 3.91. The standard InChI is InChI=1S/C11H12N2O5/c1-3-9(14)12-10-7(11(15)18-2)5-4-6-8(10)13(16)17/h4-6H,3H2,1-2H3,(H,12,14). The molecule has 1 aromatic carbocycles. The molecule has 0 heterocycles. The summed E-state index contributed by atoms with van der Waals surface area (Å²) in [6.07, 6.45) is 0.145. The van der Waals surface area contributed by atoms with E-state index in [1.807, 2.05) is 0 Å². The number of carbonyl (C=O) groups is 2. The molecule has 0 unspecified atom stereocenters. The molecule has 0 aromatic heterocycles. The Morgan fingerprint density at radius 1 is 1.44 bits per heavy atom. The zero-order chi connectivity index (χ0) is 13.7. The average Bonchev–Trinajstić information content (AvgIpc) is 2.37. The van der Waals surface area contributed by atoms with Crippen LogP contribution in [0.4, 0.5) is 11.4 Å². The van der Waals surface area contributed by atoms with E-state index in [2.05, 4.69) is 10.1 Å². The van der Waals surface area contributed by atoms with Gasteiger partial charge in [0, 0.05) is 12.5 Å². The Morgan fingerprint density at radius 2 is 2.11 bits per heavy atom. The van der Waals surface area contributed by atoms with Crippen LogP contribution in [0, 0.1) is 10.1 Å². The zero-order valence-electron chi connectivity index (χ0n) is 9.93. The van der Waals surface area contributed by atoms with Gasteiger partial charge in [0.2, 0.25) is 5.91 Å². The number of anilines is 1. The summed E-state index contributed by atoms with van der Waals surface area (Å²) in [4.78, 5) is 33.0. The van der Waals surface area contributed by atoms with E-state index in [0.29, 0.717) is 0 Å². The van der Waals surface area contributed by atoms with Crippen LogP contribution in [0.5, 0.6) is 0 Å². The van der Waals surface area contributed by atoms with Crippen LogP contribution >= 0.6 is 0 Å². The van der Waals surface area contributed by atoms with E-state index in [0.717, 1.165) is 7.11 Å². The monoisotopic (exact) mass is 252 g/mol. The molecule has 0 atom stereocenters. The molecule has 0 aliphatic heterocycles. The number of hydrogen-bond donors (Lipinski definition) is 1. The van der Waals surface area contributed by atoms with Gasteiger partial charge in [-0.2, -0.15) is 0 Å². The molecule has 96 valence electrons. The number of para-hydroxylation sites is 1. The van der Waals surface area contributed by atoms with Crippen molar-refractivity contribution in [1.29, 1.82) is 0 Å². The van der Waals surface area contributed by atoms with E-state index in [1.165, 1.54) is 18.2 Å². The predicted octanol–water partition coefficient (Wildman–Crippen LogP) is 1.73. The highest BCUT2D eigenvalue weighted by Gasteiger charge is 2.23. The highest BCUT2D eigenvalue weighted by molar-refractivity contribution is 6.03. The summed E-state index contributed by atoms with van der Waals surface area (Å²) >= 11 is 0. The molecule has 0 saturated carbocycles. The molecular weight excluding hydrogens is 240 g/mol. The number of nitro benzene ring substituents is 1. The summed E-state index contributed by atoms with van der Waals surface area (Å²) < 4.78 is 4.51. The fourth-order valence-electron chi connectivity index (χ4n) is 1.33. The van der Waals surface area contributed by atoms with E-state index in [1.54, 1.807) is 6.92 Å². The van der Waals surface area contributed by atoms with Gasteiger partial charge in [-0.25, -0.2) is 4.79 Å². The second kappa shape index (κ2) is 5.76. The highest BCUT2D eigenvalue weighted by atomic mass is 16.6. The summed E-state index contributed by atoms with van der Waals surface area (Å²) in [5, 5.41) is 13.2. The number of benzene rings is 1. The molecule has 1 aromatic rings. The van der Waals surface area contributed by atoms with Crippen molar-refractivity contribution in [1.82, 2.24) is 0 Å². The molecule has 7 nitrogen and oxygen atoms in total. The summed E-state index contributed by atoms with van der Waals surface area (Å²) in [7, 11) is 1.16. The second-order valence-corrected chi connectivity index (χ2v) is 3.35. The number of ether oxygens (including phenoxy) is 1. The van der Waals surface area contributed by atoms with Crippen LogP contribution in [0.1, 0.15) is 23.7 Å². The Balaban J connectivity index is 3.34. The number of hydrogen-bond acceptors (Lipinski definition) is 5. The topological polar surface area (TPSA) is 98.5 Å². The first-order valence-electron chi connectivity index (χ1n) is 5.16. The van der Waals surface area contributed by atoms with Gasteiger partial charge in [0.05, 0.1) is 17.6 Å². The van der Waals surface area contributed by atoms with E-state index in [9.17, 15) is 19.7 Å². The van der Waals surface area contributed by atoms with Crippen molar-refractivity contribution in [2.45, 2.75) is 13.3 Å². The Morgan fingerprint density at radius 3 is 2.61 bits per heavy atom. The minimum atomic E-state index is -0.745. The normalized spacial score (nSPS) is 9.67. The van der Waals surface area contributed by atoms with Gasteiger partial charge in [-0.15, -0.1) is 0 Å². The number of nitrogens with zero attached hydrogens (tertiary/aromatic N) is 1. The summed E-state index contributed by atoms with van der Waals surface area (Å²) in [5.41, 5.74) is -0.533. The van der Waals surface area contributed by atoms with Gasteiger partial charge in [-0.05, 0) is 6.07 Å².